The van der Waals surface area contributed by atoms with E-state index < -0.39 is 19.8 Å². The Bertz CT molecular complexity index is 870. The predicted molar refractivity (Wildman–Crippen MR) is 125 cm³/mol. The first-order chi connectivity index (χ1) is 14.1. The van der Waals surface area contributed by atoms with Crippen LogP contribution in [0.15, 0.2) is 30.5 Å². The van der Waals surface area contributed by atoms with Crippen LogP contribution in [0.25, 0.3) is 11.3 Å². The number of hydrogen-bond acceptors (Lipinski definition) is 6. The fourth-order valence-electron chi connectivity index (χ4n) is 3.46. The molecule has 0 saturated carbocycles. The molecule has 29 heavy (non-hydrogen) atoms. The molecule has 4 rings (SSSR count). The quantitative estimate of drug-likeness (QED) is 0.242. The van der Waals surface area contributed by atoms with Crippen molar-refractivity contribution in [3.8, 4) is 11.3 Å². The minimum absolute atomic E-state index is 0.135. The molecule has 0 aliphatic carbocycles. The van der Waals surface area contributed by atoms with Crippen LogP contribution >= 0.6 is 31.4 Å². The van der Waals surface area contributed by atoms with Crippen LogP contribution in [0.3, 0.4) is 0 Å². The molecule has 0 bridgehead atoms. The van der Waals surface area contributed by atoms with Gasteiger partial charge in [-0.05, 0) is 0 Å². The van der Waals surface area contributed by atoms with Crippen molar-refractivity contribution in [3.63, 3.8) is 0 Å². The van der Waals surface area contributed by atoms with Crippen LogP contribution in [-0.4, -0.2) is 53.7 Å². The van der Waals surface area contributed by atoms with E-state index in [4.69, 9.17) is 16.6 Å². The summed E-state index contributed by atoms with van der Waals surface area (Å²) in [4.78, 5) is 23.8. The van der Waals surface area contributed by atoms with Crippen LogP contribution in [-0.2, 0) is 0 Å². The number of aliphatic hydroxyl groups is 1. The molecule has 3 N–H and O–H groups in total. The Morgan fingerprint density at radius 2 is 2.17 bits per heavy atom. The van der Waals surface area contributed by atoms with E-state index in [0.29, 0.717) is 10.8 Å². The molecular formula is C20H25ClIN5O2. The van der Waals surface area contributed by atoms with Crippen molar-refractivity contribution in [2.45, 2.75) is 25.4 Å². The SMILES string of the molecule is O=C(Nc1cc(-c2cccc(N3CCC(O)CC3)n2)c(Cl)cn1)I1CCCNC1. The van der Waals surface area contributed by atoms with Crippen molar-refractivity contribution in [3.05, 3.63) is 35.5 Å². The minimum atomic E-state index is -1.69. The van der Waals surface area contributed by atoms with Crippen molar-refractivity contribution in [2.75, 3.05) is 38.8 Å². The van der Waals surface area contributed by atoms with Crippen molar-refractivity contribution in [1.82, 2.24) is 15.3 Å². The molecule has 4 heterocycles. The fraction of sp³-hybridized carbons (Fsp3) is 0.450. The van der Waals surface area contributed by atoms with Gasteiger partial charge in [0.05, 0.1) is 0 Å². The predicted octanol–water partition coefficient (Wildman–Crippen LogP) is 3.75. The van der Waals surface area contributed by atoms with Gasteiger partial charge in [0.25, 0.3) is 0 Å². The summed E-state index contributed by atoms with van der Waals surface area (Å²) < 4.78 is 2.03. The Morgan fingerprint density at radius 1 is 1.34 bits per heavy atom. The van der Waals surface area contributed by atoms with Gasteiger partial charge in [-0.2, -0.15) is 0 Å². The Morgan fingerprint density at radius 3 is 2.93 bits per heavy atom. The Hall–Kier alpha value is -1.49. The molecule has 0 aromatic carbocycles. The van der Waals surface area contributed by atoms with Gasteiger partial charge in [-0.15, -0.1) is 0 Å². The number of aliphatic hydroxyl groups excluding tert-OH is 1. The number of aromatic nitrogens is 2. The van der Waals surface area contributed by atoms with Gasteiger partial charge in [0.2, 0.25) is 0 Å². The zero-order valence-electron chi connectivity index (χ0n) is 16.1. The summed E-state index contributed by atoms with van der Waals surface area (Å²) in [5, 5.41) is 16.5. The molecule has 2 saturated heterocycles. The molecule has 2 fully saturated rings. The van der Waals surface area contributed by atoms with E-state index in [0.717, 1.165) is 65.0 Å². The van der Waals surface area contributed by atoms with E-state index in [-0.39, 0.29) is 10.0 Å². The van der Waals surface area contributed by atoms with Gasteiger partial charge in [0, 0.05) is 0 Å². The number of hydrogen-bond donors (Lipinski definition) is 3. The summed E-state index contributed by atoms with van der Waals surface area (Å²) in [7, 11) is 0. The van der Waals surface area contributed by atoms with E-state index in [1.807, 2.05) is 18.2 Å². The maximum atomic E-state index is 12.6. The molecule has 156 valence electrons. The summed E-state index contributed by atoms with van der Waals surface area (Å²) in [6.07, 6.45) is 3.91. The first kappa shape index (κ1) is 20.8. The number of nitrogens with one attached hydrogen (secondary N) is 2. The van der Waals surface area contributed by atoms with Crippen molar-refractivity contribution < 1.29 is 9.90 Å². The van der Waals surface area contributed by atoms with E-state index in [9.17, 15) is 9.90 Å². The van der Waals surface area contributed by atoms with Crippen LogP contribution in [0.1, 0.15) is 19.3 Å². The molecule has 0 spiro atoms. The first-order valence-corrected chi connectivity index (χ1v) is 14.3. The Labute approximate surface area is 182 Å². The Kier molecular flexibility index (Phi) is 6.84. The number of rotatable bonds is 4. The number of amides is 1. The second kappa shape index (κ2) is 9.55. The van der Waals surface area contributed by atoms with Gasteiger partial charge in [-0.1, -0.05) is 0 Å². The topological polar surface area (TPSA) is 90.4 Å². The van der Waals surface area contributed by atoms with Gasteiger partial charge < -0.3 is 5.11 Å². The second-order valence-electron chi connectivity index (χ2n) is 7.18. The second-order valence-corrected chi connectivity index (χ2v) is 13.0. The number of anilines is 2. The van der Waals surface area contributed by atoms with Gasteiger partial charge >= 0.3 is 178 Å². The van der Waals surface area contributed by atoms with Gasteiger partial charge in [0.15, 0.2) is 0 Å². The molecule has 1 amide bonds. The third-order valence-corrected chi connectivity index (χ3v) is 10.6. The van der Waals surface area contributed by atoms with Gasteiger partial charge in [-0.25, -0.2) is 0 Å². The molecule has 7 nitrogen and oxygen atoms in total. The fourth-order valence-corrected chi connectivity index (χ4v) is 7.87. The van der Waals surface area contributed by atoms with Crippen LogP contribution < -0.4 is 15.5 Å². The van der Waals surface area contributed by atoms with Crippen molar-refractivity contribution >= 4 is 47.0 Å². The third kappa shape index (κ3) is 5.17. The van der Waals surface area contributed by atoms with Crippen LogP contribution in [0.2, 0.25) is 5.02 Å². The monoisotopic (exact) mass is 529 g/mol. The van der Waals surface area contributed by atoms with Crippen LogP contribution in [0.5, 0.6) is 0 Å². The average molecular weight is 530 g/mol. The van der Waals surface area contributed by atoms with Crippen LogP contribution in [0, 0.1) is 0 Å². The standard InChI is InChI=1S/C20H25ClIN5O2/c21-16-12-24-18(26-20(29)22-7-2-8-23-13-22)11-15(16)17-3-1-4-19(25-17)27-9-5-14(28)6-10-27/h1,3-4,11-12,14,23,28H,2,5-10,13H2,(H,24,26,29). The molecule has 2 aromatic rings. The molecule has 2 aliphatic rings. The number of piperidine rings is 1. The van der Waals surface area contributed by atoms with E-state index in [1.54, 1.807) is 12.3 Å². The molecular weight excluding hydrogens is 505 g/mol. The molecule has 0 atom stereocenters. The maximum absolute atomic E-state index is 12.6. The molecule has 0 radical (unpaired) electrons. The molecule has 2 aliphatic heterocycles. The van der Waals surface area contributed by atoms with Gasteiger partial charge in [0.1, 0.15) is 0 Å². The molecule has 9 heteroatoms. The number of nitrogens with zero attached hydrogens (tertiary/aromatic N) is 3. The third-order valence-electron chi connectivity index (χ3n) is 5.09. The van der Waals surface area contributed by atoms with E-state index in [2.05, 4.69) is 20.5 Å². The Balaban J connectivity index is 1.53. The van der Waals surface area contributed by atoms with E-state index in [1.165, 1.54) is 0 Å². The number of carbonyl (C=O) groups excluding carboxylic acids is 1. The summed E-state index contributed by atoms with van der Waals surface area (Å²) in [5.41, 5.74) is 1.50. The number of halogens is 2. The van der Waals surface area contributed by atoms with Crippen LogP contribution in [0.4, 0.5) is 16.4 Å². The number of carbonyl (C=O) groups is 1. The van der Waals surface area contributed by atoms with E-state index >= 15 is 0 Å². The zero-order chi connectivity index (χ0) is 20.2. The number of alkyl halides is 2. The molecule has 2 aromatic heterocycles. The zero-order valence-corrected chi connectivity index (χ0v) is 19.0. The molecule has 0 unspecified atom stereocenters. The van der Waals surface area contributed by atoms with Gasteiger partial charge in [-0.3, -0.25) is 0 Å². The average Bonchev–Trinajstić information content (AvgIpc) is 2.76. The summed E-state index contributed by atoms with van der Waals surface area (Å²) in [5.74, 6) is 1.39. The summed E-state index contributed by atoms with van der Waals surface area (Å²) in [6.45, 7) is 2.57. The summed E-state index contributed by atoms with van der Waals surface area (Å²) in [6, 6.07) is 7.65. The van der Waals surface area contributed by atoms with Crippen molar-refractivity contribution in [1.29, 1.82) is 0 Å². The normalized spacial score (nSPS) is 19.2. The van der Waals surface area contributed by atoms with Crippen molar-refractivity contribution in [2.24, 2.45) is 0 Å². The first-order valence-electron chi connectivity index (χ1n) is 9.79. The summed E-state index contributed by atoms with van der Waals surface area (Å²) >= 11 is 4.72. The number of pyridine rings is 2.